The smallest absolute Gasteiger partial charge is 0.407 e. The van der Waals surface area contributed by atoms with E-state index in [1.54, 1.807) is 0 Å². The minimum Gasteiger partial charge on any atom is -0.445 e. The van der Waals surface area contributed by atoms with Gasteiger partial charge in [-0.25, -0.2) is 14.6 Å². The maximum atomic E-state index is 12.1. The van der Waals surface area contributed by atoms with E-state index in [1.807, 2.05) is 69.3 Å². The number of carbonyl (C=O) groups is 2. The van der Waals surface area contributed by atoms with Gasteiger partial charge in [0.15, 0.2) is 0 Å². The Morgan fingerprint density at radius 3 is 2.44 bits per heavy atom. The Labute approximate surface area is 211 Å². The molecule has 3 aromatic rings. The Balaban J connectivity index is 1.31. The maximum Gasteiger partial charge on any atom is 0.407 e. The molecule has 0 saturated heterocycles. The molecule has 0 aliphatic heterocycles. The molecule has 2 aromatic carbocycles. The van der Waals surface area contributed by atoms with Crippen LogP contribution in [0.4, 0.5) is 15.5 Å². The first-order valence-electron chi connectivity index (χ1n) is 12.4. The molecule has 1 aromatic heterocycles. The predicted octanol–water partition coefficient (Wildman–Crippen LogP) is 5.05. The third-order valence-electron chi connectivity index (χ3n) is 6.21. The first-order valence-corrected chi connectivity index (χ1v) is 12.4. The number of amides is 2. The van der Waals surface area contributed by atoms with Crippen LogP contribution in [0, 0.1) is 0 Å². The first-order chi connectivity index (χ1) is 17.2. The van der Waals surface area contributed by atoms with Crippen molar-refractivity contribution in [3.63, 3.8) is 0 Å². The van der Waals surface area contributed by atoms with Gasteiger partial charge in [0.25, 0.3) is 0 Å². The predicted molar refractivity (Wildman–Crippen MR) is 138 cm³/mol. The highest BCUT2D eigenvalue weighted by Crippen LogP contribution is 2.34. The molecule has 1 saturated carbocycles. The lowest BCUT2D eigenvalue weighted by Gasteiger charge is -2.31. The molecule has 4 N–H and O–H groups in total. The Hall–Kier alpha value is -3.75. The lowest BCUT2D eigenvalue weighted by molar-refractivity contribution is 0.0488. The van der Waals surface area contributed by atoms with E-state index in [0.29, 0.717) is 12.5 Å². The molecule has 1 heterocycles. The van der Waals surface area contributed by atoms with Gasteiger partial charge in [0.1, 0.15) is 12.2 Å². The van der Waals surface area contributed by atoms with Crippen LogP contribution in [0.3, 0.4) is 0 Å². The van der Waals surface area contributed by atoms with Crippen LogP contribution < -0.4 is 16.4 Å². The van der Waals surface area contributed by atoms with Crippen molar-refractivity contribution >= 4 is 29.2 Å². The van der Waals surface area contributed by atoms with E-state index in [1.165, 1.54) is 0 Å². The van der Waals surface area contributed by atoms with Gasteiger partial charge in [-0.15, -0.1) is 0 Å². The van der Waals surface area contributed by atoms with Crippen molar-refractivity contribution in [2.24, 2.45) is 0 Å². The van der Waals surface area contributed by atoms with Crippen LogP contribution in [-0.2, 0) is 22.6 Å². The summed E-state index contributed by atoms with van der Waals surface area (Å²) in [6.07, 6.45) is 2.61. The second kappa shape index (κ2) is 10.9. The topological polar surface area (TPSA) is 121 Å². The molecule has 2 amide bonds. The van der Waals surface area contributed by atoms with E-state index in [0.717, 1.165) is 47.8 Å². The summed E-state index contributed by atoms with van der Waals surface area (Å²) in [5.74, 6) is 0.473. The Morgan fingerprint density at radius 2 is 1.75 bits per heavy atom. The van der Waals surface area contributed by atoms with Crippen molar-refractivity contribution in [3.8, 4) is 0 Å². The van der Waals surface area contributed by atoms with E-state index in [2.05, 4.69) is 20.2 Å². The third-order valence-corrected chi connectivity index (χ3v) is 6.21. The summed E-state index contributed by atoms with van der Waals surface area (Å²) >= 11 is 0. The van der Waals surface area contributed by atoms with Crippen LogP contribution in [0.25, 0.3) is 11.0 Å². The summed E-state index contributed by atoms with van der Waals surface area (Å²) in [5.41, 5.74) is 9.40. The average molecular weight is 494 g/mol. The molecule has 4 rings (SSSR count). The van der Waals surface area contributed by atoms with Gasteiger partial charge in [-0.2, -0.15) is 0 Å². The van der Waals surface area contributed by atoms with Crippen LogP contribution >= 0.6 is 0 Å². The Kier molecular flexibility index (Phi) is 7.67. The fraction of sp³-hybridized carbons (Fsp3) is 0.444. The summed E-state index contributed by atoms with van der Waals surface area (Å²) < 4.78 is 12.7. The highest BCUT2D eigenvalue weighted by molar-refractivity contribution is 5.79. The molecule has 0 bridgehead atoms. The standard InChI is InChI=1S/C27H35N5O4/c1-27(2,3)36-26(34)30-20-10-12-21(13-11-20)32-23-14-9-19(15-22(23)31-24(32)28)16-29-25(33)35-17-18-7-5-4-6-8-18/h4-9,14-15,20-21H,10-13,16-17H2,1-3H3,(H2,28,31)(H,29,33)(H,30,34). The van der Waals surface area contributed by atoms with E-state index >= 15 is 0 Å². The molecule has 0 unspecified atom stereocenters. The second-order valence-electron chi connectivity index (χ2n) is 10.2. The molecule has 9 nitrogen and oxygen atoms in total. The summed E-state index contributed by atoms with van der Waals surface area (Å²) in [6, 6.07) is 15.8. The van der Waals surface area contributed by atoms with Crippen molar-refractivity contribution in [3.05, 3.63) is 59.7 Å². The zero-order chi connectivity index (χ0) is 25.7. The number of carbonyl (C=O) groups excluding carboxylic acids is 2. The number of hydrogen-bond acceptors (Lipinski definition) is 6. The zero-order valence-electron chi connectivity index (χ0n) is 21.1. The number of imidazole rings is 1. The summed E-state index contributed by atoms with van der Waals surface area (Å²) in [4.78, 5) is 28.7. The van der Waals surface area contributed by atoms with Gasteiger partial charge in [0.2, 0.25) is 5.95 Å². The van der Waals surface area contributed by atoms with Crippen LogP contribution in [0.5, 0.6) is 0 Å². The molecular formula is C27H35N5O4. The van der Waals surface area contributed by atoms with E-state index in [-0.39, 0.29) is 24.8 Å². The molecule has 1 fully saturated rings. The van der Waals surface area contributed by atoms with Crippen molar-refractivity contribution in [2.75, 3.05) is 5.73 Å². The third kappa shape index (κ3) is 6.68. The number of ether oxygens (including phenoxy) is 2. The number of nitrogen functional groups attached to an aromatic ring is 1. The van der Waals surface area contributed by atoms with Crippen LogP contribution in [0.1, 0.15) is 63.6 Å². The monoisotopic (exact) mass is 493 g/mol. The van der Waals surface area contributed by atoms with Gasteiger partial charge < -0.3 is 30.4 Å². The quantitative estimate of drug-likeness (QED) is 0.442. The Bertz CT molecular complexity index is 1190. The SMILES string of the molecule is CC(C)(C)OC(=O)NC1CCC(n2c(N)nc3cc(CNC(=O)OCc4ccccc4)ccc32)CC1. The van der Waals surface area contributed by atoms with Gasteiger partial charge in [-0.3, -0.25) is 0 Å². The highest BCUT2D eigenvalue weighted by atomic mass is 16.6. The van der Waals surface area contributed by atoms with Crippen molar-refractivity contribution < 1.29 is 19.1 Å². The molecule has 36 heavy (non-hydrogen) atoms. The van der Waals surface area contributed by atoms with Crippen molar-refractivity contribution in [1.82, 2.24) is 20.2 Å². The van der Waals surface area contributed by atoms with Gasteiger partial charge in [-0.05, 0) is 69.7 Å². The van der Waals surface area contributed by atoms with E-state index in [9.17, 15) is 9.59 Å². The number of benzene rings is 2. The lowest BCUT2D eigenvalue weighted by atomic mass is 9.91. The highest BCUT2D eigenvalue weighted by Gasteiger charge is 2.27. The van der Waals surface area contributed by atoms with Crippen LogP contribution in [-0.4, -0.2) is 33.4 Å². The Morgan fingerprint density at radius 1 is 1.03 bits per heavy atom. The number of nitrogens with one attached hydrogen (secondary N) is 2. The molecule has 192 valence electrons. The van der Waals surface area contributed by atoms with Crippen molar-refractivity contribution in [1.29, 1.82) is 0 Å². The number of nitrogens with zero attached hydrogens (tertiary/aromatic N) is 2. The van der Waals surface area contributed by atoms with Crippen LogP contribution in [0.2, 0.25) is 0 Å². The van der Waals surface area contributed by atoms with E-state index in [4.69, 9.17) is 15.2 Å². The zero-order valence-corrected chi connectivity index (χ0v) is 21.1. The van der Waals surface area contributed by atoms with Gasteiger partial charge in [0, 0.05) is 18.6 Å². The number of fused-ring (bicyclic) bond motifs is 1. The number of alkyl carbamates (subject to hydrolysis) is 2. The van der Waals surface area contributed by atoms with Gasteiger partial charge in [-0.1, -0.05) is 36.4 Å². The number of hydrogen-bond donors (Lipinski definition) is 3. The molecule has 1 aliphatic rings. The molecule has 0 atom stereocenters. The van der Waals surface area contributed by atoms with Gasteiger partial charge >= 0.3 is 12.2 Å². The first kappa shape index (κ1) is 25.3. The second-order valence-corrected chi connectivity index (χ2v) is 10.2. The summed E-state index contributed by atoms with van der Waals surface area (Å²) in [6.45, 7) is 6.13. The number of nitrogens with two attached hydrogens (primary N) is 1. The van der Waals surface area contributed by atoms with Gasteiger partial charge in [0.05, 0.1) is 11.0 Å². The normalized spacial score (nSPS) is 18.0. The molecular weight excluding hydrogens is 458 g/mol. The number of aromatic nitrogens is 2. The molecule has 9 heteroatoms. The fourth-order valence-corrected chi connectivity index (χ4v) is 4.56. The van der Waals surface area contributed by atoms with Crippen LogP contribution in [0.15, 0.2) is 48.5 Å². The molecule has 1 aliphatic carbocycles. The maximum absolute atomic E-state index is 12.1. The molecule has 0 radical (unpaired) electrons. The molecule has 0 spiro atoms. The average Bonchev–Trinajstić information content (AvgIpc) is 3.16. The number of anilines is 1. The van der Waals surface area contributed by atoms with E-state index < -0.39 is 11.7 Å². The fourth-order valence-electron chi connectivity index (χ4n) is 4.56. The van der Waals surface area contributed by atoms with Crippen molar-refractivity contribution in [2.45, 2.75) is 77.3 Å². The largest absolute Gasteiger partial charge is 0.445 e. The minimum atomic E-state index is -0.512. The summed E-state index contributed by atoms with van der Waals surface area (Å²) in [5, 5.41) is 5.76. The number of rotatable bonds is 6. The summed E-state index contributed by atoms with van der Waals surface area (Å²) in [7, 11) is 0. The lowest BCUT2D eigenvalue weighted by Crippen LogP contribution is -2.41. The minimum absolute atomic E-state index is 0.0893.